The highest BCUT2D eigenvalue weighted by Crippen LogP contribution is 2.02. The first-order valence-electron chi connectivity index (χ1n) is 5.16. The van der Waals surface area contributed by atoms with Gasteiger partial charge in [-0.1, -0.05) is 19.8 Å². The molecule has 0 radical (unpaired) electrons. The average molecular weight is 185 g/mol. The normalized spacial score (nSPS) is 14.7. The van der Waals surface area contributed by atoms with Crippen molar-refractivity contribution in [1.82, 2.24) is 5.32 Å². The van der Waals surface area contributed by atoms with E-state index in [1.807, 2.05) is 0 Å². The first-order chi connectivity index (χ1) is 6.06. The Balaban J connectivity index is 3.76. The summed E-state index contributed by atoms with van der Waals surface area (Å²) >= 11 is 0. The summed E-state index contributed by atoms with van der Waals surface area (Å²) in [5, 5.41) is 3.08. The highest BCUT2D eigenvalue weighted by molar-refractivity contribution is 5.78. The van der Waals surface area contributed by atoms with Gasteiger partial charge in [0, 0.05) is 6.04 Å². The minimum Gasteiger partial charge on any atom is -0.370 e. The molecule has 0 fully saturated rings. The third-order valence-corrected chi connectivity index (χ3v) is 1.77. The Morgan fingerprint density at radius 1 is 1.38 bits per heavy atom. The van der Waals surface area contributed by atoms with E-state index in [2.05, 4.69) is 38.0 Å². The Hall–Kier alpha value is -0.730. The lowest BCUT2D eigenvalue weighted by molar-refractivity contribution is 0.610. The van der Waals surface area contributed by atoms with Crippen molar-refractivity contribution in [3.05, 3.63) is 0 Å². The molecule has 1 unspecified atom stereocenters. The molecule has 3 nitrogen and oxygen atoms in total. The van der Waals surface area contributed by atoms with E-state index in [-0.39, 0.29) is 0 Å². The lowest BCUT2D eigenvalue weighted by atomic mass is 10.1. The highest BCUT2D eigenvalue weighted by atomic mass is 15.1. The molecular weight excluding hydrogens is 162 g/mol. The van der Waals surface area contributed by atoms with Crippen molar-refractivity contribution < 1.29 is 0 Å². The minimum atomic E-state index is 0.339. The summed E-state index contributed by atoms with van der Waals surface area (Å²) in [6, 6.07) is 0.702. The van der Waals surface area contributed by atoms with Crippen LogP contribution in [0.5, 0.6) is 0 Å². The zero-order chi connectivity index (χ0) is 10.3. The summed E-state index contributed by atoms with van der Waals surface area (Å²) in [5.41, 5.74) is 5.69. The van der Waals surface area contributed by atoms with Crippen molar-refractivity contribution in [2.75, 3.05) is 0 Å². The van der Waals surface area contributed by atoms with Gasteiger partial charge in [0.15, 0.2) is 5.96 Å². The van der Waals surface area contributed by atoms with Crippen molar-refractivity contribution in [2.45, 2.75) is 59.0 Å². The van der Waals surface area contributed by atoms with E-state index in [0.29, 0.717) is 18.0 Å². The molecule has 3 heteroatoms. The van der Waals surface area contributed by atoms with E-state index in [1.165, 1.54) is 12.8 Å². The first-order valence-corrected chi connectivity index (χ1v) is 5.16. The second-order valence-electron chi connectivity index (χ2n) is 3.80. The molecule has 0 aromatic heterocycles. The monoisotopic (exact) mass is 185 g/mol. The summed E-state index contributed by atoms with van der Waals surface area (Å²) in [5.74, 6) is 0.568. The quantitative estimate of drug-likeness (QED) is 0.507. The zero-order valence-corrected chi connectivity index (χ0v) is 9.30. The number of nitrogens with two attached hydrogens (primary N) is 1. The topological polar surface area (TPSA) is 50.4 Å². The van der Waals surface area contributed by atoms with Crippen LogP contribution in [0.25, 0.3) is 0 Å². The predicted octanol–water partition coefficient (Wildman–Crippen LogP) is 1.88. The smallest absolute Gasteiger partial charge is 0.189 e. The number of unbranched alkanes of at least 4 members (excludes halogenated alkanes) is 1. The van der Waals surface area contributed by atoms with E-state index in [0.717, 1.165) is 6.42 Å². The Kier molecular flexibility index (Phi) is 6.37. The second-order valence-corrected chi connectivity index (χ2v) is 3.80. The number of aliphatic imine (C=N–C) groups is 1. The predicted molar refractivity (Wildman–Crippen MR) is 58.9 cm³/mol. The molecule has 3 N–H and O–H groups in total. The second kappa shape index (κ2) is 6.75. The summed E-state index contributed by atoms with van der Waals surface area (Å²) in [6.07, 6.45) is 3.56. The van der Waals surface area contributed by atoms with Gasteiger partial charge in [-0.25, -0.2) is 0 Å². The molecule has 1 atom stereocenters. The van der Waals surface area contributed by atoms with Crippen LogP contribution in [0.2, 0.25) is 0 Å². The Morgan fingerprint density at radius 2 is 2.00 bits per heavy atom. The minimum absolute atomic E-state index is 0.339. The fourth-order valence-corrected chi connectivity index (χ4v) is 1.13. The summed E-state index contributed by atoms with van der Waals surface area (Å²) in [6.45, 7) is 8.40. The number of nitrogens with one attached hydrogen (secondary N) is 1. The molecule has 0 aromatic rings. The number of hydrogen-bond acceptors (Lipinski definition) is 1. The molecule has 0 aliphatic carbocycles. The molecular formula is C10H23N3. The van der Waals surface area contributed by atoms with Gasteiger partial charge < -0.3 is 11.1 Å². The average Bonchev–Trinajstić information content (AvgIpc) is 1.98. The van der Waals surface area contributed by atoms with Crippen LogP contribution in [0.15, 0.2) is 4.99 Å². The molecule has 0 spiro atoms. The molecule has 0 aliphatic heterocycles. The van der Waals surface area contributed by atoms with Gasteiger partial charge >= 0.3 is 0 Å². The molecule has 0 aliphatic rings. The largest absolute Gasteiger partial charge is 0.370 e. The Bertz CT molecular complexity index is 152. The van der Waals surface area contributed by atoms with Crippen LogP contribution in [0.1, 0.15) is 47.0 Å². The van der Waals surface area contributed by atoms with Gasteiger partial charge in [0.1, 0.15) is 0 Å². The summed E-state index contributed by atoms with van der Waals surface area (Å²) in [7, 11) is 0. The van der Waals surface area contributed by atoms with Gasteiger partial charge in [-0.3, -0.25) is 4.99 Å². The molecule has 0 bridgehead atoms. The molecule has 0 heterocycles. The maximum absolute atomic E-state index is 5.69. The number of rotatable bonds is 5. The Morgan fingerprint density at radius 3 is 2.46 bits per heavy atom. The van der Waals surface area contributed by atoms with Gasteiger partial charge in [-0.05, 0) is 27.2 Å². The van der Waals surface area contributed by atoms with Crippen LogP contribution in [0.3, 0.4) is 0 Å². The fraction of sp³-hybridized carbons (Fsp3) is 0.900. The van der Waals surface area contributed by atoms with E-state index >= 15 is 0 Å². The molecule has 0 saturated heterocycles. The first kappa shape index (κ1) is 12.3. The van der Waals surface area contributed by atoms with Crippen LogP contribution in [-0.4, -0.2) is 18.0 Å². The van der Waals surface area contributed by atoms with Crippen LogP contribution in [0, 0.1) is 0 Å². The molecule has 0 amide bonds. The number of nitrogens with zero attached hydrogens (tertiary/aromatic N) is 1. The molecule has 13 heavy (non-hydrogen) atoms. The van der Waals surface area contributed by atoms with Gasteiger partial charge in [0.25, 0.3) is 0 Å². The van der Waals surface area contributed by atoms with E-state index < -0.39 is 0 Å². The highest BCUT2D eigenvalue weighted by Gasteiger charge is 2.00. The maximum atomic E-state index is 5.69. The van der Waals surface area contributed by atoms with Crippen molar-refractivity contribution >= 4 is 5.96 Å². The fourth-order valence-electron chi connectivity index (χ4n) is 1.13. The zero-order valence-electron chi connectivity index (χ0n) is 9.30. The molecule has 78 valence electrons. The van der Waals surface area contributed by atoms with Gasteiger partial charge in [-0.2, -0.15) is 0 Å². The van der Waals surface area contributed by atoms with Crippen molar-refractivity contribution in [2.24, 2.45) is 10.7 Å². The van der Waals surface area contributed by atoms with Crippen molar-refractivity contribution in [3.63, 3.8) is 0 Å². The van der Waals surface area contributed by atoms with Crippen LogP contribution < -0.4 is 11.1 Å². The lowest BCUT2D eigenvalue weighted by Gasteiger charge is -2.11. The van der Waals surface area contributed by atoms with E-state index in [9.17, 15) is 0 Å². The van der Waals surface area contributed by atoms with Gasteiger partial charge in [0.05, 0.1) is 6.04 Å². The van der Waals surface area contributed by atoms with Gasteiger partial charge in [0.2, 0.25) is 0 Å². The van der Waals surface area contributed by atoms with Crippen LogP contribution in [0.4, 0.5) is 0 Å². The van der Waals surface area contributed by atoms with Crippen molar-refractivity contribution in [1.29, 1.82) is 0 Å². The van der Waals surface area contributed by atoms with Gasteiger partial charge in [-0.15, -0.1) is 0 Å². The number of hydrogen-bond donors (Lipinski definition) is 2. The standard InChI is InChI=1S/C10H23N3/c1-5-6-7-9(4)13-10(11)12-8(2)3/h8-9H,5-7H2,1-4H3,(H3,11,12,13). The third kappa shape index (κ3) is 7.62. The van der Waals surface area contributed by atoms with E-state index in [1.54, 1.807) is 0 Å². The summed E-state index contributed by atoms with van der Waals surface area (Å²) in [4.78, 5) is 4.34. The molecule has 0 aromatic carbocycles. The Labute approximate surface area is 81.8 Å². The third-order valence-electron chi connectivity index (χ3n) is 1.77. The summed E-state index contributed by atoms with van der Waals surface area (Å²) < 4.78 is 0. The molecule has 0 rings (SSSR count). The van der Waals surface area contributed by atoms with Crippen LogP contribution in [-0.2, 0) is 0 Å². The van der Waals surface area contributed by atoms with Crippen molar-refractivity contribution in [3.8, 4) is 0 Å². The maximum Gasteiger partial charge on any atom is 0.189 e. The van der Waals surface area contributed by atoms with E-state index in [4.69, 9.17) is 5.73 Å². The molecule has 0 saturated carbocycles. The van der Waals surface area contributed by atoms with Crippen LogP contribution >= 0.6 is 0 Å². The lowest BCUT2D eigenvalue weighted by Crippen LogP contribution is -2.37. The SMILES string of the molecule is CCCCC(C)N=C(N)NC(C)C. The number of guanidine groups is 1.